The fourth-order valence-corrected chi connectivity index (χ4v) is 3.04. The third kappa shape index (κ3) is 7.13. The molecule has 2 N–H and O–H groups in total. The van der Waals surface area contributed by atoms with E-state index in [0.717, 1.165) is 56.8 Å². The van der Waals surface area contributed by atoms with Gasteiger partial charge in [0.05, 0.1) is 0 Å². The van der Waals surface area contributed by atoms with Gasteiger partial charge in [0.1, 0.15) is 12.4 Å². The summed E-state index contributed by atoms with van der Waals surface area (Å²) in [4.78, 5) is 4.74. The Kier molecular flexibility index (Phi) is 9.30. The predicted molar refractivity (Wildman–Crippen MR) is 123 cm³/mol. The van der Waals surface area contributed by atoms with Crippen LogP contribution in [-0.2, 0) is 30.2 Å². The number of nitrogens with one attached hydrogen (secondary N) is 2. The number of hydrogen-bond donors (Lipinski definition) is 2. The number of nitrogens with zero attached hydrogens (tertiary/aromatic N) is 4. The third-order valence-electron chi connectivity index (χ3n) is 5.36. The first-order valence-electron chi connectivity index (χ1n) is 10.9. The Hall–Kier alpha value is -2.41. The summed E-state index contributed by atoms with van der Waals surface area (Å²) in [6.07, 6.45) is 1.99. The van der Waals surface area contributed by atoms with E-state index in [1.165, 1.54) is 11.1 Å². The molecule has 0 atom stereocenters. The highest BCUT2D eigenvalue weighted by molar-refractivity contribution is 5.79. The normalized spacial score (nSPS) is 12.3. The Morgan fingerprint density at radius 1 is 1.13 bits per heavy atom. The highest BCUT2D eigenvalue weighted by atomic mass is 16.5. The molecule has 0 saturated carbocycles. The van der Waals surface area contributed by atoms with Crippen molar-refractivity contribution in [1.82, 2.24) is 25.4 Å². The summed E-state index contributed by atoms with van der Waals surface area (Å²) in [5.41, 5.74) is 2.65. The maximum atomic E-state index is 5.43. The molecule has 0 aliphatic heterocycles. The number of hydrogen-bond acceptors (Lipinski definition) is 4. The van der Waals surface area contributed by atoms with Crippen LogP contribution >= 0.6 is 0 Å². The molecule has 0 aliphatic rings. The summed E-state index contributed by atoms with van der Waals surface area (Å²) in [5, 5.41) is 15.3. The van der Waals surface area contributed by atoms with Crippen molar-refractivity contribution in [2.75, 3.05) is 26.3 Å². The number of rotatable bonds is 11. The van der Waals surface area contributed by atoms with Crippen LogP contribution in [0, 0.1) is 6.92 Å². The zero-order chi connectivity index (χ0) is 22.0. The molecular weight excluding hydrogens is 376 g/mol. The van der Waals surface area contributed by atoms with Gasteiger partial charge in [-0.2, -0.15) is 0 Å². The average Bonchev–Trinajstić information content (AvgIpc) is 3.07. The maximum absolute atomic E-state index is 5.43. The van der Waals surface area contributed by atoms with E-state index in [1.54, 1.807) is 0 Å². The second-order valence-electron chi connectivity index (χ2n) is 8.15. The maximum Gasteiger partial charge on any atom is 0.191 e. The van der Waals surface area contributed by atoms with Crippen LogP contribution in [0.15, 0.2) is 29.3 Å². The molecule has 166 valence electrons. The molecule has 0 bridgehead atoms. The molecule has 2 rings (SSSR count). The van der Waals surface area contributed by atoms with E-state index in [2.05, 4.69) is 65.9 Å². The summed E-state index contributed by atoms with van der Waals surface area (Å²) in [6.45, 7) is 14.2. The van der Waals surface area contributed by atoms with Gasteiger partial charge in [0.25, 0.3) is 0 Å². The van der Waals surface area contributed by atoms with E-state index in [4.69, 9.17) is 9.73 Å². The van der Waals surface area contributed by atoms with Gasteiger partial charge < -0.3 is 19.9 Å². The number of benzene rings is 1. The van der Waals surface area contributed by atoms with Crippen molar-refractivity contribution in [3.63, 3.8) is 0 Å². The minimum absolute atomic E-state index is 0.0264. The van der Waals surface area contributed by atoms with Crippen LogP contribution in [0.3, 0.4) is 0 Å². The number of aliphatic imine (C=N–C) groups is 1. The van der Waals surface area contributed by atoms with Crippen LogP contribution in [0.25, 0.3) is 0 Å². The minimum atomic E-state index is -0.0264. The first-order valence-corrected chi connectivity index (χ1v) is 10.9. The molecule has 1 heterocycles. The molecule has 7 nitrogen and oxygen atoms in total. The quantitative estimate of drug-likeness (QED) is 0.336. The fraction of sp³-hybridized carbons (Fsp3) is 0.609. The zero-order valence-electron chi connectivity index (χ0n) is 19.5. The summed E-state index contributed by atoms with van der Waals surface area (Å²) < 4.78 is 7.40. The number of ether oxygens (including phenoxy) is 1. The van der Waals surface area contributed by atoms with Crippen molar-refractivity contribution >= 4 is 5.96 Å². The van der Waals surface area contributed by atoms with E-state index in [0.29, 0.717) is 6.54 Å². The lowest BCUT2D eigenvalue weighted by Gasteiger charge is -2.27. The van der Waals surface area contributed by atoms with E-state index in [-0.39, 0.29) is 5.41 Å². The van der Waals surface area contributed by atoms with Crippen LogP contribution in [0.4, 0.5) is 0 Å². The van der Waals surface area contributed by atoms with Crippen molar-refractivity contribution in [1.29, 1.82) is 0 Å². The van der Waals surface area contributed by atoms with Gasteiger partial charge in [-0.25, -0.2) is 4.99 Å². The van der Waals surface area contributed by atoms with Gasteiger partial charge in [-0.3, -0.25) is 0 Å². The van der Waals surface area contributed by atoms with Crippen molar-refractivity contribution < 1.29 is 4.74 Å². The zero-order valence-corrected chi connectivity index (χ0v) is 19.5. The number of aryl methyl sites for hydroxylation is 2. The van der Waals surface area contributed by atoms with Crippen LogP contribution in [0.5, 0.6) is 0 Å². The molecule has 0 amide bonds. The van der Waals surface area contributed by atoms with E-state index in [9.17, 15) is 0 Å². The van der Waals surface area contributed by atoms with Gasteiger partial charge in [0, 0.05) is 38.8 Å². The lowest BCUT2D eigenvalue weighted by atomic mass is 9.84. The molecule has 0 fully saturated rings. The largest absolute Gasteiger partial charge is 0.382 e. The van der Waals surface area contributed by atoms with Crippen LogP contribution in [0.1, 0.15) is 56.9 Å². The Bertz CT molecular complexity index is 795. The van der Waals surface area contributed by atoms with Gasteiger partial charge >= 0.3 is 0 Å². The lowest BCUT2D eigenvalue weighted by molar-refractivity contribution is 0.145. The second-order valence-corrected chi connectivity index (χ2v) is 8.15. The predicted octanol–water partition coefficient (Wildman–Crippen LogP) is 3.13. The summed E-state index contributed by atoms with van der Waals surface area (Å²) in [6, 6.07) is 8.90. The van der Waals surface area contributed by atoms with Gasteiger partial charge in [0.15, 0.2) is 11.8 Å². The SMILES string of the molecule is CCOCCCNC(=NCc1nnc(C)n1C)NCC(C)(C)c1ccc(CC)cc1. The van der Waals surface area contributed by atoms with E-state index < -0.39 is 0 Å². The smallest absolute Gasteiger partial charge is 0.191 e. The molecule has 30 heavy (non-hydrogen) atoms. The Morgan fingerprint density at radius 2 is 1.87 bits per heavy atom. The van der Waals surface area contributed by atoms with Gasteiger partial charge in [-0.15, -0.1) is 10.2 Å². The molecule has 0 saturated heterocycles. The van der Waals surface area contributed by atoms with E-state index in [1.807, 2.05) is 25.5 Å². The summed E-state index contributed by atoms with van der Waals surface area (Å²) in [5.74, 6) is 2.51. The van der Waals surface area contributed by atoms with Crippen LogP contribution in [0.2, 0.25) is 0 Å². The number of guanidine groups is 1. The van der Waals surface area contributed by atoms with Crippen molar-refractivity contribution in [2.24, 2.45) is 12.0 Å². The monoisotopic (exact) mass is 414 g/mol. The highest BCUT2D eigenvalue weighted by Gasteiger charge is 2.21. The molecule has 0 radical (unpaired) electrons. The first kappa shape index (κ1) is 23.9. The summed E-state index contributed by atoms with van der Waals surface area (Å²) >= 11 is 0. The first-order chi connectivity index (χ1) is 14.4. The standard InChI is InChI=1S/C23H38N6O/c1-7-19-10-12-20(13-11-19)23(4,5)17-26-22(24-14-9-15-30-8-2)25-16-21-28-27-18(3)29(21)6/h10-13H,7-9,14-17H2,1-6H3,(H2,24,25,26). The molecule has 1 aromatic heterocycles. The van der Waals surface area contributed by atoms with Gasteiger partial charge in [-0.05, 0) is 37.8 Å². The molecule has 2 aromatic rings. The molecule has 0 aliphatic carbocycles. The average molecular weight is 415 g/mol. The fourth-order valence-electron chi connectivity index (χ4n) is 3.04. The Labute approximate surface area is 181 Å². The Balaban J connectivity index is 2.02. The Morgan fingerprint density at radius 3 is 2.47 bits per heavy atom. The minimum Gasteiger partial charge on any atom is -0.382 e. The summed E-state index contributed by atoms with van der Waals surface area (Å²) in [7, 11) is 1.96. The highest BCUT2D eigenvalue weighted by Crippen LogP contribution is 2.22. The number of aromatic nitrogens is 3. The van der Waals surface area contributed by atoms with Crippen LogP contribution < -0.4 is 10.6 Å². The third-order valence-corrected chi connectivity index (χ3v) is 5.36. The molecule has 7 heteroatoms. The topological polar surface area (TPSA) is 76.4 Å². The molecule has 0 spiro atoms. The lowest BCUT2D eigenvalue weighted by Crippen LogP contribution is -2.44. The van der Waals surface area contributed by atoms with Gasteiger partial charge in [-0.1, -0.05) is 45.0 Å². The van der Waals surface area contributed by atoms with Crippen molar-refractivity contribution in [3.05, 3.63) is 47.0 Å². The van der Waals surface area contributed by atoms with Gasteiger partial charge in [0.2, 0.25) is 0 Å². The molecular formula is C23H38N6O. The van der Waals surface area contributed by atoms with E-state index >= 15 is 0 Å². The van der Waals surface area contributed by atoms with Crippen molar-refractivity contribution in [2.45, 2.75) is 59.4 Å². The molecule has 0 unspecified atom stereocenters. The van der Waals surface area contributed by atoms with Crippen molar-refractivity contribution in [3.8, 4) is 0 Å². The van der Waals surface area contributed by atoms with Crippen LogP contribution in [-0.4, -0.2) is 47.0 Å². The second kappa shape index (κ2) is 11.7. The molecule has 1 aromatic carbocycles.